The average Bonchev–Trinajstić information content (AvgIpc) is 2.66. The van der Waals surface area contributed by atoms with Gasteiger partial charge in [-0.1, -0.05) is 52.9 Å². The van der Waals surface area contributed by atoms with Crippen LogP contribution < -0.4 is 10.6 Å². The molecule has 0 bridgehead atoms. The van der Waals surface area contributed by atoms with Crippen LogP contribution in [0.3, 0.4) is 0 Å². The van der Waals surface area contributed by atoms with E-state index in [-0.39, 0.29) is 17.9 Å². The Bertz CT molecular complexity index is 863. The summed E-state index contributed by atoms with van der Waals surface area (Å²) in [6.45, 7) is 1.96. The van der Waals surface area contributed by atoms with Gasteiger partial charge in [0.25, 0.3) is 11.8 Å². The predicted octanol–water partition coefficient (Wildman–Crippen LogP) is 5.73. The minimum Gasteiger partial charge on any atom is -0.349 e. The van der Waals surface area contributed by atoms with Crippen molar-refractivity contribution in [2.45, 2.75) is 45.1 Å². The molecule has 0 spiro atoms. The van der Waals surface area contributed by atoms with E-state index >= 15 is 0 Å². The van der Waals surface area contributed by atoms with Crippen LogP contribution in [0.4, 0.5) is 5.69 Å². The van der Waals surface area contributed by atoms with E-state index in [1.54, 1.807) is 30.3 Å². The van der Waals surface area contributed by atoms with Gasteiger partial charge < -0.3 is 10.6 Å². The maximum absolute atomic E-state index is 12.6. The third kappa shape index (κ3) is 5.11. The van der Waals surface area contributed by atoms with E-state index in [9.17, 15) is 9.59 Å². The number of carbonyl (C=O) groups is 2. The second-order valence-corrected chi connectivity index (χ2v) is 8.18. The molecule has 1 saturated carbocycles. The molecule has 0 saturated heterocycles. The second-order valence-electron chi connectivity index (χ2n) is 6.92. The molecule has 0 atom stereocenters. The first-order valence-electron chi connectivity index (χ1n) is 9.12. The first-order chi connectivity index (χ1) is 12.9. The summed E-state index contributed by atoms with van der Waals surface area (Å²) in [4.78, 5) is 25.1. The summed E-state index contributed by atoms with van der Waals surface area (Å²) >= 11 is 9.66. The van der Waals surface area contributed by atoms with Gasteiger partial charge in [0, 0.05) is 21.8 Å². The van der Waals surface area contributed by atoms with Crippen LogP contribution in [0.25, 0.3) is 0 Å². The molecule has 0 aromatic heterocycles. The van der Waals surface area contributed by atoms with Crippen molar-refractivity contribution < 1.29 is 9.59 Å². The molecule has 142 valence electrons. The van der Waals surface area contributed by atoms with E-state index in [0.717, 1.165) is 35.7 Å². The van der Waals surface area contributed by atoms with Crippen LogP contribution in [0.5, 0.6) is 0 Å². The van der Waals surface area contributed by atoms with Crippen molar-refractivity contribution in [1.82, 2.24) is 5.32 Å². The summed E-state index contributed by atoms with van der Waals surface area (Å²) < 4.78 is 0.874. The van der Waals surface area contributed by atoms with Gasteiger partial charge in [0.15, 0.2) is 0 Å². The molecule has 3 rings (SSSR count). The Morgan fingerprint density at radius 2 is 1.78 bits per heavy atom. The van der Waals surface area contributed by atoms with E-state index < -0.39 is 0 Å². The van der Waals surface area contributed by atoms with Crippen molar-refractivity contribution in [1.29, 1.82) is 0 Å². The van der Waals surface area contributed by atoms with Gasteiger partial charge in [0.05, 0.1) is 10.6 Å². The highest BCUT2D eigenvalue weighted by molar-refractivity contribution is 9.10. The fraction of sp³-hybridized carbons (Fsp3) is 0.333. The van der Waals surface area contributed by atoms with Crippen LogP contribution in [0.1, 0.15) is 58.4 Å². The van der Waals surface area contributed by atoms with Crippen LogP contribution in [-0.4, -0.2) is 17.9 Å². The van der Waals surface area contributed by atoms with Crippen molar-refractivity contribution in [3.8, 4) is 0 Å². The number of rotatable bonds is 4. The zero-order valence-corrected chi connectivity index (χ0v) is 17.5. The number of carbonyl (C=O) groups excluding carboxylic acids is 2. The van der Waals surface area contributed by atoms with Crippen molar-refractivity contribution in [2.24, 2.45) is 0 Å². The lowest BCUT2D eigenvalue weighted by Crippen LogP contribution is -2.36. The molecule has 1 fully saturated rings. The number of aryl methyl sites for hydroxylation is 1. The van der Waals surface area contributed by atoms with Gasteiger partial charge >= 0.3 is 0 Å². The van der Waals surface area contributed by atoms with Gasteiger partial charge in [-0.15, -0.1) is 0 Å². The Labute approximate surface area is 172 Å². The maximum atomic E-state index is 12.6. The molecule has 1 aliphatic carbocycles. The summed E-state index contributed by atoms with van der Waals surface area (Å²) in [6.07, 6.45) is 5.51. The molecule has 0 radical (unpaired) electrons. The van der Waals surface area contributed by atoms with Crippen LogP contribution in [-0.2, 0) is 0 Å². The van der Waals surface area contributed by atoms with E-state index in [1.807, 2.05) is 13.0 Å². The largest absolute Gasteiger partial charge is 0.349 e. The van der Waals surface area contributed by atoms with Crippen LogP contribution in [0.2, 0.25) is 5.02 Å². The lowest BCUT2D eigenvalue weighted by Gasteiger charge is -2.23. The number of nitrogens with one attached hydrogen (secondary N) is 2. The lowest BCUT2D eigenvalue weighted by atomic mass is 9.95. The first kappa shape index (κ1) is 19.9. The SMILES string of the molecule is Cc1ccc(C(=O)Nc2ccc(Cl)c(C(=O)NC3CCCCC3)c2)cc1Br. The molecular formula is C21H22BrClN2O2. The van der Waals surface area contributed by atoms with E-state index in [1.165, 1.54) is 6.42 Å². The molecule has 0 aliphatic heterocycles. The minimum atomic E-state index is -0.239. The monoisotopic (exact) mass is 448 g/mol. The van der Waals surface area contributed by atoms with Crippen molar-refractivity contribution in [3.63, 3.8) is 0 Å². The highest BCUT2D eigenvalue weighted by atomic mass is 79.9. The van der Waals surface area contributed by atoms with Crippen molar-refractivity contribution in [2.75, 3.05) is 5.32 Å². The van der Waals surface area contributed by atoms with Gasteiger partial charge in [0.1, 0.15) is 0 Å². The number of benzene rings is 2. The molecule has 4 nitrogen and oxygen atoms in total. The fourth-order valence-electron chi connectivity index (χ4n) is 3.22. The Hall–Kier alpha value is -1.85. The van der Waals surface area contributed by atoms with Crippen molar-refractivity contribution >= 4 is 45.0 Å². The van der Waals surface area contributed by atoms with Gasteiger partial charge in [-0.25, -0.2) is 0 Å². The summed E-state index contributed by atoms with van der Waals surface area (Å²) in [7, 11) is 0. The smallest absolute Gasteiger partial charge is 0.255 e. The Morgan fingerprint density at radius 3 is 2.48 bits per heavy atom. The standard InChI is InChI=1S/C21H22BrClN2O2/c1-13-7-8-14(11-18(13)22)20(26)25-16-9-10-19(23)17(12-16)21(27)24-15-5-3-2-4-6-15/h7-12,15H,2-6H2,1H3,(H,24,27)(H,25,26). The average molecular weight is 450 g/mol. The number of anilines is 1. The van der Waals surface area contributed by atoms with E-state index in [0.29, 0.717) is 21.8 Å². The summed E-state index contributed by atoms with van der Waals surface area (Å²) in [5.74, 6) is -0.433. The molecule has 1 aliphatic rings. The maximum Gasteiger partial charge on any atom is 0.255 e. The first-order valence-corrected chi connectivity index (χ1v) is 10.3. The molecule has 2 aromatic carbocycles. The molecule has 0 heterocycles. The predicted molar refractivity (Wildman–Crippen MR) is 113 cm³/mol. The number of amides is 2. The second kappa shape index (κ2) is 8.89. The summed E-state index contributed by atoms with van der Waals surface area (Å²) in [6, 6.07) is 10.6. The Balaban J connectivity index is 1.73. The zero-order valence-electron chi connectivity index (χ0n) is 15.1. The fourth-order valence-corrected chi connectivity index (χ4v) is 3.81. The molecular weight excluding hydrogens is 428 g/mol. The molecule has 6 heteroatoms. The number of hydrogen-bond acceptors (Lipinski definition) is 2. The van der Waals surface area contributed by atoms with Crippen LogP contribution >= 0.6 is 27.5 Å². The van der Waals surface area contributed by atoms with Gasteiger partial charge in [0.2, 0.25) is 0 Å². The number of halogens is 2. The molecule has 2 aromatic rings. The van der Waals surface area contributed by atoms with Crippen LogP contribution in [0.15, 0.2) is 40.9 Å². The van der Waals surface area contributed by atoms with Gasteiger partial charge in [-0.2, -0.15) is 0 Å². The van der Waals surface area contributed by atoms with Crippen molar-refractivity contribution in [3.05, 3.63) is 62.6 Å². The van der Waals surface area contributed by atoms with E-state index in [4.69, 9.17) is 11.6 Å². The molecule has 2 amide bonds. The normalized spacial score (nSPS) is 14.6. The molecule has 0 unspecified atom stereocenters. The van der Waals surface area contributed by atoms with Gasteiger partial charge in [-0.05, 0) is 55.7 Å². The topological polar surface area (TPSA) is 58.2 Å². The van der Waals surface area contributed by atoms with Crippen LogP contribution in [0, 0.1) is 6.92 Å². The van der Waals surface area contributed by atoms with E-state index in [2.05, 4.69) is 26.6 Å². The Kier molecular flexibility index (Phi) is 6.55. The Morgan fingerprint density at radius 1 is 1.04 bits per heavy atom. The lowest BCUT2D eigenvalue weighted by molar-refractivity contribution is 0.0926. The van der Waals surface area contributed by atoms with Gasteiger partial charge in [-0.3, -0.25) is 9.59 Å². The number of hydrogen-bond donors (Lipinski definition) is 2. The highest BCUT2D eigenvalue weighted by Crippen LogP contribution is 2.24. The summed E-state index contributed by atoms with van der Waals surface area (Å²) in [5.41, 5.74) is 2.51. The quantitative estimate of drug-likeness (QED) is 0.626. The molecule has 27 heavy (non-hydrogen) atoms. The summed E-state index contributed by atoms with van der Waals surface area (Å²) in [5, 5.41) is 6.27. The third-order valence-corrected chi connectivity index (χ3v) is 6.03. The highest BCUT2D eigenvalue weighted by Gasteiger charge is 2.19. The zero-order chi connectivity index (χ0) is 19.4. The minimum absolute atomic E-state index is 0.193. The third-order valence-electron chi connectivity index (χ3n) is 4.84. The molecule has 2 N–H and O–H groups in total.